The van der Waals surface area contributed by atoms with E-state index < -0.39 is 0 Å². The molecule has 1 aliphatic rings. The molecule has 0 aromatic carbocycles. The van der Waals surface area contributed by atoms with Crippen LogP contribution in [-0.2, 0) is 14.3 Å². The summed E-state index contributed by atoms with van der Waals surface area (Å²) in [5.41, 5.74) is 0. The van der Waals surface area contributed by atoms with Gasteiger partial charge in [0.1, 0.15) is 0 Å². The van der Waals surface area contributed by atoms with Gasteiger partial charge in [0.25, 0.3) is 0 Å². The second-order valence-corrected chi connectivity index (χ2v) is 6.41. The number of amides is 1. The Bertz CT molecular complexity index is 309. The van der Waals surface area contributed by atoms with Gasteiger partial charge in [0.15, 0.2) is 0 Å². The average molecular weight is 287 g/mol. The van der Waals surface area contributed by atoms with E-state index in [1.54, 1.807) is 0 Å². The van der Waals surface area contributed by atoms with Crippen LogP contribution in [0.5, 0.6) is 0 Å². The topological polar surface area (TPSA) is 55.4 Å². The van der Waals surface area contributed by atoms with E-state index in [4.69, 9.17) is 0 Å². The molecule has 19 heavy (non-hydrogen) atoms. The van der Waals surface area contributed by atoms with Gasteiger partial charge in [-0.25, -0.2) is 0 Å². The van der Waals surface area contributed by atoms with Gasteiger partial charge in [0.2, 0.25) is 5.91 Å². The van der Waals surface area contributed by atoms with Crippen molar-refractivity contribution >= 4 is 23.6 Å². The SMILES string of the molecule is COC(=O)C(C)CSCC(=O)NC1CCCCC1C. The van der Waals surface area contributed by atoms with Gasteiger partial charge in [-0.3, -0.25) is 9.59 Å². The highest BCUT2D eigenvalue weighted by Gasteiger charge is 2.22. The van der Waals surface area contributed by atoms with E-state index in [0.717, 1.165) is 6.42 Å². The average Bonchev–Trinajstić information content (AvgIpc) is 2.40. The zero-order valence-corrected chi connectivity index (χ0v) is 12.9. The number of thioether (sulfide) groups is 1. The van der Waals surface area contributed by atoms with E-state index in [1.165, 1.54) is 38.1 Å². The minimum Gasteiger partial charge on any atom is -0.469 e. The van der Waals surface area contributed by atoms with Crippen LogP contribution < -0.4 is 5.32 Å². The van der Waals surface area contributed by atoms with E-state index >= 15 is 0 Å². The summed E-state index contributed by atoms with van der Waals surface area (Å²) in [5, 5.41) is 3.11. The normalized spacial score (nSPS) is 24.6. The van der Waals surface area contributed by atoms with Crippen LogP contribution in [0.3, 0.4) is 0 Å². The fourth-order valence-corrected chi connectivity index (χ4v) is 3.25. The Hall–Kier alpha value is -0.710. The first kappa shape index (κ1) is 16.3. The molecule has 1 amide bonds. The molecule has 5 heteroatoms. The molecule has 3 atom stereocenters. The second-order valence-electron chi connectivity index (χ2n) is 5.38. The summed E-state index contributed by atoms with van der Waals surface area (Å²) < 4.78 is 4.65. The fourth-order valence-electron chi connectivity index (χ4n) is 2.38. The molecule has 0 radical (unpaired) electrons. The summed E-state index contributed by atoms with van der Waals surface area (Å²) in [4.78, 5) is 23.0. The molecule has 0 spiro atoms. The standard InChI is InChI=1S/C14H25NO3S/c1-10-6-4-5-7-12(10)15-13(16)9-19-8-11(2)14(17)18-3/h10-12H,4-9H2,1-3H3,(H,15,16). The quantitative estimate of drug-likeness (QED) is 0.761. The Morgan fingerprint density at radius 1 is 1.37 bits per heavy atom. The van der Waals surface area contributed by atoms with Crippen LogP contribution in [0.4, 0.5) is 0 Å². The van der Waals surface area contributed by atoms with Crippen molar-refractivity contribution in [3.05, 3.63) is 0 Å². The number of methoxy groups -OCH3 is 1. The molecule has 0 bridgehead atoms. The van der Waals surface area contributed by atoms with E-state index in [-0.39, 0.29) is 17.8 Å². The molecular formula is C14H25NO3S. The van der Waals surface area contributed by atoms with Crippen LogP contribution in [0.25, 0.3) is 0 Å². The smallest absolute Gasteiger partial charge is 0.309 e. The lowest BCUT2D eigenvalue weighted by atomic mass is 9.86. The zero-order valence-electron chi connectivity index (χ0n) is 12.1. The van der Waals surface area contributed by atoms with E-state index in [1.807, 2.05) is 6.92 Å². The highest BCUT2D eigenvalue weighted by atomic mass is 32.2. The Labute approximate surface area is 120 Å². The van der Waals surface area contributed by atoms with Crippen LogP contribution in [0.1, 0.15) is 39.5 Å². The van der Waals surface area contributed by atoms with E-state index in [0.29, 0.717) is 23.5 Å². The molecule has 1 saturated carbocycles. The molecule has 1 rings (SSSR count). The summed E-state index contributed by atoms with van der Waals surface area (Å²) in [7, 11) is 1.39. The summed E-state index contributed by atoms with van der Waals surface area (Å²) >= 11 is 1.49. The molecular weight excluding hydrogens is 262 g/mol. The van der Waals surface area contributed by atoms with Crippen LogP contribution in [0.15, 0.2) is 0 Å². The number of hydrogen-bond donors (Lipinski definition) is 1. The fraction of sp³-hybridized carbons (Fsp3) is 0.857. The summed E-state index contributed by atoms with van der Waals surface area (Å²) in [6.07, 6.45) is 4.79. The van der Waals surface area contributed by atoms with Gasteiger partial charge in [0.05, 0.1) is 18.8 Å². The van der Waals surface area contributed by atoms with Crippen molar-refractivity contribution in [2.45, 2.75) is 45.6 Å². The summed E-state index contributed by atoms with van der Waals surface area (Å²) in [5.74, 6) is 1.34. The molecule has 110 valence electrons. The van der Waals surface area contributed by atoms with Crippen molar-refractivity contribution in [3.63, 3.8) is 0 Å². The lowest BCUT2D eigenvalue weighted by Crippen LogP contribution is -2.42. The highest BCUT2D eigenvalue weighted by Crippen LogP contribution is 2.23. The lowest BCUT2D eigenvalue weighted by molar-refractivity contribution is -0.144. The number of ether oxygens (including phenoxy) is 1. The molecule has 0 aromatic rings. The Balaban J connectivity index is 2.19. The zero-order chi connectivity index (χ0) is 14.3. The van der Waals surface area contributed by atoms with Gasteiger partial charge in [-0.15, -0.1) is 0 Å². The highest BCUT2D eigenvalue weighted by molar-refractivity contribution is 7.99. The van der Waals surface area contributed by atoms with E-state index in [2.05, 4.69) is 17.0 Å². The molecule has 0 aromatic heterocycles. The van der Waals surface area contributed by atoms with Gasteiger partial charge in [-0.05, 0) is 18.8 Å². The van der Waals surface area contributed by atoms with Crippen molar-refractivity contribution < 1.29 is 14.3 Å². The minimum atomic E-state index is -0.214. The molecule has 0 heterocycles. The molecule has 3 unspecified atom stereocenters. The number of carbonyl (C=O) groups is 2. The van der Waals surface area contributed by atoms with Crippen LogP contribution in [0, 0.1) is 11.8 Å². The van der Waals surface area contributed by atoms with E-state index in [9.17, 15) is 9.59 Å². The first-order valence-electron chi connectivity index (χ1n) is 6.99. The molecule has 1 aliphatic carbocycles. The largest absolute Gasteiger partial charge is 0.469 e. The van der Waals surface area contributed by atoms with Crippen molar-refractivity contribution in [3.8, 4) is 0 Å². The second kappa shape index (κ2) is 8.46. The third-order valence-electron chi connectivity index (χ3n) is 3.66. The number of hydrogen-bond acceptors (Lipinski definition) is 4. The summed E-state index contributed by atoms with van der Waals surface area (Å²) in [6, 6.07) is 0.333. The summed E-state index contributed by atoms with van der Waals surface area (Å²) in [6.45, 7) is 4.02. The maximum absolute atomic E-state index is 11.8. The lowest BCUT2D eigenvalue weighted by Gasteiger charge is -2.29. The van der Waals surface area contributed by atoms with Crippen molar-refractivity contribution in [2.75, 3.05) is 18.6 Å². The molecule has 4 nitrogen and oxygen atoms in total. The molecule has 0 aliphatic heterocycles. The Kier molecular flexibility index (Phi) is 7.28. The van der Waals surface area contributed by atoms with Crippen molar-refractivity contribution in [1.82, 2.24) is 5.32 Å². The monoisotopic (exact) mass is 287 g/mol. The molecule has 0 saturated heterocycles. The number of nitrogens with one attached hydrogen (secondary N) is 1. The van der Waals surface area contributed by atoms with Gasteiger partial charge in [-0.2, -0.15) is 11.8 Å². The first-order chi connectivity index (χ1) is 9.04. The van der Waals surface area contributed by atoms with Crippen LogP contribution >= 0.6 is 11.8 Å². The maximum Gasteiger partial charge on any atom is 0.309 e. The van der Waals surface area contributed by atoms with Crippen LogP contribution in [-0.4, -0.2) is 36.5 Å². The first-order valence-corrected chi connectivity index (χ1v) is 8.15. The van der Waals surface area contributed by atoms with Gasteiger partial charge >= 0.3 is 5.97 Å². The van der Waals surface area contributed by atoms with Gasteiger partial charge in [-0.1, -0.05) is 26.7 Å². The Morgan fingerprint density at radius 2 is 2.05 bits per heavy atom. The third-order valence-corrected chi connectivity index (χ3v) is 4.86. The molecule has 1 N–H and O–H groups in total. The number of esters is 1. The van der Waals surface area contributed by atoms with Crippen molar-refractivity contribution in [2.24, 2.45) is 11.8 Å². The predicted octanol–water partition coefficient (Wildman–Crippen LogP) is 2.22. The van der Waals surface area contributed by atoms with Crippen LogP contribution in [0.2, 0.25) is 0 Å². The minimum absolute atomic E-state index is 0.0841. The van der Waals surface area contributed by atoms with Crippen molar-refractivity contribution in [1.29, 1.82) is 0 Å². The Morgan fingerprint density at radius 3 is 2.68 bits per heavy atom. The number of carbonyl (C=O) groups excluding carboxylic acids is 2. The van der Waals surface area contributed by atoms with Gasteiger partial charge < -0.3 is 10.1 Å². The molecule has 1 fully saturated rings. The maximum atomic E-state index is 11.8. The predicted molar refractivity (Wildman–Crippen MR) is 78.1 cm³/mol. The third kappa shape index (κ3) is 5.85. The van der Waals surface area contributed by atoms with Gasteiger partial charge in [0, 0.05) is 11.8 Å². The number of rotatable bonds is 6.